The lowest BCUT2D eigenvalue weighted by atomic mass is 9.81. The molecule has 0 aliphatic heterocycles. The Bertz CT molecular complexity index is 410. The van der Waals surface area contributed by atoms with Crippen molar-refractivity contribution in [3.8, 4) is 5.75 Å². The maximum Gasteiger partial charge on any atom is 0.131 e. The Labute approximate surface area is 119 Å². The van der Waals surface area contributed by atoms with Gasteiger partial charge in [-0.15, -0.1) is 12.4 Å². The number of nitrogens with two attached hydrogens (primary N) is 1. The molecule has 108 valence electrons. The number of halogens is 2. The molecule has 1 aliphatic rings. The van der Waals surface area contributed by atoms with Gasteiger partial charge in [-0.25, -0.2) is 4.39 Å². The molecule has 1 aromatic carbocycles. The monoisotopic (exact) mass is 289 g/mol. The second-order valence-corrected chi connectivity index (χ2v) is 5.12. The normalized spacial score (nSPS) is 19.5. The number of phenols is 1. The van der Waals surface area contributed by atoms with E-state index in [0.29, 0.717) is 0 Å². The molecule has 19 heavy (non-hydrogen) atoms. The highest BCUT2D eigenvalue weighted by molar-refractivity contribution is 5.85. The van der Waals surface area contributed by atoms with Gasteiger partial charge < -0.3 is 15.9 Å². The summed E-state index contributed by atoms with van der Waals surface area (Å²) in [6.07, 6.45) is 4.60. The molecular formula is C14H21ClFNO2. The Morgan fingerprint density at radius 1 is 1.21 bits per heavy atom. The van der Waals surface area contributed by atoms with Crippen molar-refractivity contribution in [2.45, 2.75) is 44.2 Å². The summed E-state index contributed by atoms with van der Waals surface area (Å²) in [5.74, 6) is -0.532. The van der Waals surface area contributed by atoms with Crippen molar-refractivity contribution < 1.29 is 14.6 Å². The van der Waals surface area contributed by atoms with Crippen LogP contribution < -0.4 is 5.73 Å². The molecule has 0 unspecified atom stereocenters. The molecule has 0 amide bonds. The lowest BCUT2D eigenvalue weighted by Gasteiger charge is -2.30. The molecule has 0 saturated heterocycles. The topological polar surface area (TPSA) is 66.5 Å². The van der Waals surface area contributed by atoms with Crippen molar-refractivity contribution in [1.29, 1.82) is 0 Å². The second-order valence-electron chi connectivity index (χ2n) is 5.12. The van der Waals surface area contributed by atoms with E-state index in [9.17, 15) is 9.50 Å². The average Bonchev–Trinajstić information content (AvgIpc) is 2.38. The lowest BCUT2D eigenvalue weighted by Crippen LogP contribution is -2.34. The summed E-state index contributed by atoms with van der Waals surface area (Å²) in [6.45, 7) is 0. The molecule has 3 nitrogen and oxygen atoms in total. The Morgan fingerprint density at radius 3 is 2.42 bits per heavy atom. The molecule has 1 fully saturated rings. The van der Waals surface area contributed by atoms with E-state index in [0.717, 1.165) is 31.7 Å². The van der Waals surface area contributed by atoms with Crippen molar-refractivity contribution in [3.63, 3.8) is 0 Å². The molecule has 1 aliphatic carbocycles. The van der Waals surface area contributed by atoms with E-state index in [4.69, 9.17) is 10.8 Å². The minimum Gasteiger partial charge on any atom is -0.508 e. The Balaban J connectivity index is 0.00000180. The number of aliphatic hydroxyl groups is 1. The quantitative estimate of drug-likeness (QED) is 0.801. The lowest BCUT2D eigenvalue weighted by molar-refractivity contribution is 0.0607. The van der Waals surface area contributed by atoms with Crippen LogP contribution >= 0.6 is 12.4 Å². The van der Waals surface area contributed by atoms with Crippen LogP contribution in [0.2, 0.25) is 0 Å². The van der Waals surface area contributed by atoms with Crippen LogP contribution in [0.5, 0.6) is 5.75 Å². The first-order valence-corrected chi connectivity index (χ1v) is 6.51. The zero-order valence-electron chi connectivity index (χ0n) is 10.8. The molecule has 0 heterocycles. The highest BCUT2D eigenvalue weighted by Gasteiger charge is 2.29. The number of aromatic hydroxyl groups is 1. The Kier molecular flexibility index (Phi) is 6.04. The summed E-state index contributed by atoms with van der Waals surface area (Å²) in [6, 6.07) is 3.14. The van der Waals surface area contributed by atoms with Gasteiger partial charge in [0.2, 0.25) is 0 Å². The standard InChI is InChI=1S/C14H20FNO2.ClH/c15-12-8-10(17)6-7-11(12)13(16)14(18)9-4-2-1-3-5-9;/h6-9,13-14,17-18H,1-5,16H2;1H/t13-,14+;/m1./s1. The van der Waals surface area contributed by atoms with Crippen LogP contribution in [0.3, 0.4) is 0 Å². The average molecular weight is 290 g/mol. The molecule has 2 rings (SSSR count). The fourth-order valence-corrected chi connectivity index (χ4v) is 2.74. The van der Waals surface area contributed by atoms with Crippen LogP contribution in [0.25, 0.3) is 0 Å². The van der Waals surface area contributed by atoms with Gasteiger partial charge >= 0.3 is 0 Å². The third-order valence-electron chi connectivity index (χ3n) is 3.84. The van der Waals surface area contributed by atoms with E-state index < -0.39 is 18.0 Å². The van der Waals surface area contributed by atoms with Crippen molar-refractivity contribution in [2.24, 2.45) is 11.7 Å². The Morgan fingerprint density at radius 2 is 1.84 bits per heavy atom. The summed E-state index contributed by atoms with van der Waals surface area (Å²) in [4.78, 5) is 0. The summed E-state index contributed by atoms with van der Waals surface area (Å²) >= 11 is 0. The second kappa shape index (κ2) is 7.08. The summed E-state index contributed by atoms with van der Waals surface area (Å²) in [7, 11) is 0. The van der Waals surface area contributed by atoms with Gasteiger partial charge in [-0.3, -0.25) is 0 Å². The van der Waals surface area contributed by atoms with Crippen LogP contribution in [-0.2, 0) is 0 Å². The number of hydrogen-bond acceptors (Lipinski definition) is 3. The van der Waals surface area contributed by atoms with Crippen LogP contribution in [0.4, 0.5) is 4.39 Å². The smallest absolute Gasteiger partial charge is 0.131 e. The third kappa shape index (κ3) is 3.81. The van der Waals surface area contributed by atoms with Gasteiger partial charge in [-0.2, -0.15) is 0 Å². The van der Waals surface area contributed by atoms with Gasteiger partial charge in [0.25, 0.3) is 0 Å². The van der Waals surface area contributed by atoms with E-state index in [2.05, 4.69) is 0 Å². The Hall–Kier alpha value is -0.840. The van der Waals surface area contributed by atoms with Crippen LogP contribution in [-0.4, -0.2) is 16.3 Å². The molecule has 1 saturated carbocycles. The van der Waals surface area contributed by atoms with Gasteiger partial charge in [0, 0.05) is 11.6 Å². The van der Waals surface area contributed by atoms with Gasteiger partial charge in [0.05, 0.1) is 12.1 Å². The maximum atomic E-state index is 13.7. The highest BCUT2D eigenvalue weighted by Crippen LogP contribution is 2.32. The zero-order chi connectivity index (χ0) is 13.1. The van der Waals surface area contributed by atoms with Gasteiger partial charge in [-0.05, 0) is 24.8 Å². The van der Waals surface area contributed by atoms with Crippen LogP contribution in [0.15, 0.2) is 18.2 Å². The largest absolute Gasteiger partial charge is 0.508 e. The van der Waals surface area contributed by atoms with E-state index in [1.807, 2.05) is 0 Å². The van der Waals surface area contributed by atoms with Crippen LogP contribution in [0.1, 0.15) is 43.7 Å². The van der Waals surface area contributed by atoms with Crippen molar-refractivity contribution in [2.75, 3.05) is 0 Å². The van der Waals surface area contributed by atoms with E-state index in [1.165, 1.54) is 18.6 Å². The minimum atomic E-state index is -0.728. The summed E-state index contributed by atoms with van der Waals surface area (Å²) in [5.41, 5.74) is 6.22. The molecule has 0 radical (unpaired) electrons. The first-order chi connectivity index (χ1) is 8.59. The number of rotatable bonds is 3. The predicted octanol–water partition coefficient (Wildman–Crippen LogP) is 2.89. The minimum absolute atomic E-state index is 0. The van der Waals surface area contributed by atoms with Crippen molar-refractivity contribution >= 4 is 12.4 Å². The fraction of sp³-hybridized carbons (Fsp3) is 0.571. The molecule has 1 aromatic rings. The molecule has 4 N–H and O–H groups in total. The molecule has 0 bridgehead atoms. The van der Waals surface area contributed by atoms with E-state index >= 15 is 0 Å². The summed E-state index contributed by atoms with van der Waals surface area (Å²) < 4.78 is 13.7. The number of phenolic OH excluding ortho intramolecular Hbond substituents is 1. The summed E-state index contributed by atoms with van der Waals surface area (Å²) in [5, 5.41) is 19.4. The first-order valence-electron chi connectivity index (χ1n) is 6.51. The van der Waals surface area contributed by atoms with Crippen molar-refractivity contribution in [3.05, 3.63) is 29.6 Å². The van der Waals surface area contributed by atoms with Gasteiger partial charge in [0.1, 0.15) is 11.6 Å². The first kappa shape index (κ1) is 16.2. The molecule has 5 heteroatoms. The zero-order valence-corrected chi connectivity index (χ0v) is 11.6. The van der Waals surface area contributed by atoms with Crippen LogP contribution in [0, 0.1) is 11.7 Å². The maximum absolute atomic E-state index is 13.7. The number of hydrogen-bond donors (Lipinski definition) is 3. The number of aliphatic hydroxyl groups excluding tert-OH is 1. The number of benzene rings is 1. The van der Waals surface area contributed by atoms with Crippen molar-refractivity contribution in [1.82, 2.24) is 0 Å². The third-order valence-corrected chi connectivity index (χ3v) is 3.84. The van der Waals surface area contributed by atoms with Gasteiger partial charge in [-0.1, -0.05) is 25.3 Å². The SMILES string of the molecule is Cl.N[C@H](c1ccc(O)cc1F)[C@@H](O)C1CCCCC1. The molecule has 2 atom stereocenters. The molecule has 0 spiro atoms. The van der Waals surface area contributed by atoms with E-state index in [1.54, 1.807) is 0 Å². The van der Waals surface area contributed by atoms with Gasteiger partial charge in [0.15, 0.2) is 0 Å². The van der Waals surface area contributed by atoms with E-state index in [-0.39, 0.29) is 29.6 Å². The highest BCUT2D eigenvalue weighted by atomic mass is 35.5. The molecule has 0 aromatic heterocycles. The predicted molar refractivity (Wildman–Crippen MR) is 74.8 cm³/mol. The fourth-order valence-electron chi connectivity index (χ4n) is 2.74. The molecular weight excluding hydrogens is 269 g/mol.